The minimum atomic E-state index is -0.588. The number of amides is 2. The zero-order chi connectivity index (χ0) is 17.1. The molecule has 8 nitrogen and oxygen atoms in total. The van der Waals surface area contributed by atoms with E-state index in [9.17, 15) is 9.59 Å². The molecule has 1 aliphatic heterocycles. The Balaban J connectivity index is 1.61. The fourth-order valence-electron chi connectivity index (χ4n) is 2.52. The number of hydrogen-bond acceptors (Lipinski definition) is 5. The van der Waals surface area contributed by atoms with Gasteiger partial charge in [0.25, 0.3) is 5.82 Å². The average molecular weight is 345 g/mol. The van der Waals surface area contributed by atoms with E-state index in [4.69, 9.17) is 16.9 Å². The normalized spacial score (nSPS) is 16.9. The number of carbonyl (C=O) groups excluding carboxylic acids is 2. The smallest absolute Gasteiger partial charge is 0.252 e. The molecule has 1 atom stereocenters. The maximum Gasteiger partial charge on any atom is 0.252 e. The highest BCUT2D eigenvalue weighted by molar-refractivity contribution is 6.31. The summed E-state index contributed by atoms with van der Waals surface area (Å²) >= 11 is 5.95. The van der Waals surface area contributed by atoms with Crippen molar-refractivity contribution in [2.24, 2.45) is 0 Å². The monoisotopic (exact) mass is 344 g/mol. The van der Waals surface area contributed by atoms with Gasteiger partial charge >= 0.3 is 0 Å². The van der Waals surface area contributed by atoms with E-state index in [0.717, 1.165) is 0 Å². The molecule has 1 N–H and O–H groups in total. The topological polar surface area (TPSA) is 104 Å². The molecule has 0 spiro atoms. The second-order valence-electron chi connectivity index (χ2n) is 5.26. The van der Waals surface area contributed by atoms with Crippen molar-refractivity contribution < 1.29 is 9.59 Å². The van der Waals surface area contributed by atoms with Crippen molar-refractivity contribution in [1.82, 2.24) is 20.1 Å². The molecule has 1 saturated heterocycles. The number of carbonyl (C=O) groups is 2. The Morgan fingerprint density at radius 3 is 3.04 bits per heavy atom. The van der Waals surface area contributed by atoms with Crippen LogP contribution < -0.4 is 10.2 Å². The molecule has 0 bridgehead atoms. The SMILES string of the molecule is N#Cc1ncn(CC(=O)N[C@@H]2CCN(c3cccc(Cl)c3)C2=O)n1. The first-order valence-corrected chi connectivity index (χ1v) is 7.60. The molecule has 1 fully saturated rings. The third kappa shape index (κ3) is 3.36. The van der Waals surface area contributed by atoms with E-state index in [1.807, 2.05) is 0 Å². The van der Waals surface area contributed by atoms with Crippen LogP contribution in [0.2, 0.25) is 5.02 Å². The second kappa shape index (κ2) is 6.68. The molecule has 0 unspecified atom stereocenters. The van der Waals surface area contributed by atoms with E-state index in [2.05, 4.69) is 15.4 Å². The van der Waals surface area contributed by atoms with Crippen molar-refractivity contribution in [3.63, 3.8) is 0 Å². The van der Waals surface area contributed by atoms with Crippen molar-refractivity contribution in [2.75, 3.05) is 11.4 Å². The lowest BCUT2D eigenvalue weighted by atomic mass is 10.2. The van der Waals surface area contributed by atoms with Gasteiger partial charge in [0.2, 0.25) is 11.8 Å². The third-order valence-electron chi connectivity index (χ3n) is 3.60. The molecule has 0 radical (unpaired) electrons. The summed E-state index contributed by atoms with van der Waals surface area (Å²) in [4.78, 5) is 29.8. The molecular formula is C15H13ClN6O2. The minimum absolute atomic E-state index is 0.00752. The van der Waals surface area contributed by atoms with Gasteiger partial charge in [0.1, 0.15) is 25.0 Å². The Hall–Kier alpha value is -2.92. The first-order valence-electron chi connectivity index (χ1n) is 7.22. The Morgan fingerprint density at radius 2 is 2.33 bits per heavy atom. The van der Waals surface area contributed by atoms with E-state index in [0.29, 0.717) is 23.7 Å². The number of halogens is 1. The summed E-state index contributed by atoms with van der Waals surface area (Å²) in [5.41, 5.74) is 0.708. The Kier molecular flexibility index (Phi) is 4.44. The lowest BCUT2D eigenvalue weighted by Gasteiger charge is -2.17. The number of benzene rings is 1. The molecule has 122 valence electrons. The number of hydrogen-bond donors (Lipinski definition) is 1. The zero-order valence-electron chi connectivity index (χ0n) is 12.5. The summed E-state index contributed by atoms with van der Waals surface area (Å²) in [7, 11) is 0. The van der Waals surface area contributed by atoms with Gasteiger partial charge in [-0.15, -0.1) is 5.10 Å². The highest BCUT2D eigenvalue weighted by Gasteiger charge is 2.33. The molecule has 2 aromatic rings. The Labute approximate surface area is 142 Å². The molecule has 1 aromatic carbocycles. The van der Waals surface area contributed by atoms with E-state index < -0.39 is 6.04 Å². The number of anilines is 1. The number of nitriles is 1. The molecule has 3 rings (SSSR count). The zero-order valence-corrected chi connectivity index (χ0v) is 13.3. The van der Waals surface area contributed by atoms with Crippen LogP contribution in [0.25, 0.3) is 0 Å². The molecule has 2 heterocycles. The van der Waals surface area contributed by atoms with Gasteiger partial charge in [-0.05, 0) is 24.6 Å². The van der Waals surface area contributed by atoms with Gasteiger partial charge < -0.3 is 10.2 Å². The third-order valence-corrected chi connectivity index (χ3v) is 3.84. The summed E-state index contributed by atoms with van der Waals surface area (Å²) in [6.45, 7) is 0.404. The maximum absolute atomic E-state index is 12.4. The molecule has 2 amide bonds. The number of aromatic nitrogens is 3. The number of rotatable bonds is 4. The van der Waals surface area contributed by atoms with Gasteiger partial charge in [0.05, 0.1) is 0 Å². The quantitative estimate of drug-likeness (QED) is 0.880. The van der Waals surface area contributed by atoms with Crippen molar-refractivity contribution in [3.8, 4) is 6.07 Å². The first-order chi connectivity index (χ1) is 11.6. The highest BCUT2D eigenvalue weighted by Crippen LogP contribution is 2.24. The van der Waals surface area contributed by atoms with Crippen molar-refractivity contribution in [2.45, 2.75) is 19.0 Å². The van der Waals surface area contributed by atoms with Crippen LogP contribution in [0.5, 0.6) is 0 Å². The predicted molar refractivity (Wildman–Crippen MR) is 85.1 cm³/mol. The summed E-state index contributed by atoms with van der Waals surface area (Å²) in [5, 5.41) is 15.7. The van der Waals surface area contributed by atoms with E-state index in [1.54, 1.807) is 35.2 Å². The van der Waals surface area contributed by atoms with Gasteiger partial charge in [0, 0.05) is 17.3 Å². The standard InChI is InChI=1S/C15H13ClN6O2/c16-10-2-1-3-11(6-10)22-5-4-12(15(22)24)19-14(23)8-21-9-18-13(7-17)20-21/h1-3,6,9,12H,4-5,8H2,(H,19,23)/t12-/m1/s1. The maximum atomic E-state index is 12.4. The van der Waals surface area contributed by atoms with Crippen molar-refractivity contribution >= 4 is 29.1 Å². The summed E-state index contributed by atoms with van der Waals surface area (Å²) in [6, 6.07) is 8.21. The van der Waals surface area contributed by atoms with Crippen LogP contribution in [-0.4, -0.2) is 39.2 Å². The second-order valence-corrected chi connectivity index (χ2v) is 5.69. The van der Waals surface area contributed by atoms with Crippen LogP contribution >= 0.6 is 11.6 Å². The molecule has 0 saturated carbocycles. The average Bonchev–Trinajstić information content (AvgIpc) is 3.15. The van der Waals surface area contributed by atoms with Crippen LogP contribution in [0.15, 0.2) is 30.6 Å². The predicted octanol–water partition coefficient (Wildman–Crippen LogP) is 0.725. The Bertz CT molecular complexity index is 827. The lowest BCUT2D eigenvalue weighted by molar-refractivity contribution is -0.126. The van der Waals surface area contributed by atoms with Crippen LogP contribution in [0.3, 0.4) is 0 Å². The molecule has 1 aliphatic rings. The van der Waals surface area contributed by atoms with Crippen LogP contribution in [0.4, 0.5) is 5.69 Å². The first kappa shape index (κ1) is 16.0. The molecule has 1 aromatic heterocycles. The van der Waals surface area contributed by atoms with Gasteiger partial charge in [0.15, 0.2) is 0 Å². The van der Waals surface area contributed by atoms with Gasteiger partial charge in [-0.3, -0.25) is 9.59 Å². The van der Waals surface area contributed by atoms with Crippen molar-refractivity contribution in [3.05, 3.63) is 41.4 Å². The summed E-state index contributed by atoms with van der Waals surface area (Å²) in [6.07, 6.45) is 1.81. The number of nitrogens with zero attached hydrogens (tertiary/aromatic N) is 5. The molecule has 24 heavy (non-hydrogen) atoms. The molecule has 0 aliphatic carbocycles. The van der Waals surface area contributed by atoms with Crippen molar-refractivity contribution in [1.29, 1.82) is 5.26 Å². The minimum Gasteiger partial charge on any atom is -0.343 e. The fraction of sp³-hybridized carbons (Fsp3) is 0.267. The van der Waals surface area contributed by atoms with Crippen LogP contribution in [0, 0.1) is 11.3 Å². The number of nitrogens with one attached hydrogen (secondary N) is 1. The van der Waals surface area contributed by atoms with E-state index in [1.165, 1.54) is 11.0 Å². The van der Waals surface area contributed by atoms with Crippen LogP contribution in [-0.2, 0) is 16.1 Å². The van der Waals surface area contributed by atoms with Gasteiger partial charge in [-0.25, -0.2) is 9.67 Å². The lowest BCUT2D eigenvalue weighted by Crippen LogP contribution is -2.42. The Morgan fingerprint density at radius 1 is 1.50 bits per heavy atom. The molecular weight excluding hydrogens is 332 g/mol. The largest absolute Gasteiger partial charge is 0.343 e. The van der Waals surface area contributed by atoms with Crippen LogP contribution in [0.1, 0.15) is 12.2 Å². The molecule has 9 heteroatoms. The van der Waals surface area contributed by atoms with Gasteiger partial charge in [-0.1, -0.05) is 17.7 Å². The van der Waals surface area contributed by atoms with Gasteiger partial charge in [-0.2, -0.15) is 5.26 Å². The van der Waals surface area contributed by atoms with E-state index in [-0.39, 0.29) is 24.2 Å². The summed E-state index contributed by atoms with van der Waals surface area (Å²) < 4.78 is 1.25. The van der Waals surface area contributed by atoms with E-state index >= 15 is 0 Å². The fourth-order valence-corrected chi connectivity index (χ4v) is 2.71. The highest BCUT2D eigenvalue weighted by atomic mass is 35.5. The summed E-state index contributed by atoms with van der Waals surface area (Å²) in [5.74, 6) is -0.551.